The lowest BCUT2D eigenvalue weighted by Gasteiger charge is -2.12. The fraction of sp³-hybridized carbons (Fsp3) is 0.0952. The molecule has 12 heteroatoms. The molecule has 3 aromatic carbocycles. The van der Waals surface area contributed by atoms with Crippen LogP contribution in [0.15, 0.2) is 71.6 Å². The molecule has 0 aliphatic rings. The number of ether oxygens (including phenoxy) is 1. The van der Waals surface area contributed by atoms with E-state index in [-0.39, 0.29) is 32.1 Å². The zero-order valence-electron chi connectivity index (χ0n) is 17.1. The molecule has 0 heterocycles. The predicted molar refractivity (Wildman–Crippen MR) is 128 cm³/mol. The molecular formula is C21H18Cl2N2O6S2. The predicted octanol–water partition coefficient (Wildman–Crippen LogP) is 4.52. The molecule has 0 atom stereocenters. The highest BCUT2D eigenvalue weighted by Crippen LogP contribution is 2.31. The second-order valence-electron chi connectivity index (χ2n) is 6.78. The molecule has 0 saturated carbocycles. The third-order valence-electron chi connectivity index (χ3n) is 4.37. The molecule has 3 rings (SSSR count). The molecule has 0 bridgehead atoms. The Labute approximate surface area is 201 Å². The fourth-order valence-electron chi connectivity index (χ4n) is 2.78. The van der Waals surface area contributed by atoms with Crippen molar-refractivity contribution in [2.24, 2.45) is 0 Å². The summed E-state index contributed by atoms with van der Waals surface area (Å²) in [4.78, 5) is 11.4. The van der Waals surface area contributed by atoms with E-state index in [1.54, 1.807) is 6.07 Å². The Morgan fingerprint density at radius 2 is 1.52 bits per heavy atom. The van der Waals surface area contributed by atoms with Crippen molar-refractivity contribution in [1.82, 2.24) is 0 Å². The van der Waals surface area contributed by atoms with Crippen molar-refractivity contribution >= 4 is 60.6 Å². The Morgan fingerprint density at radius 1 is 0.879 bits per heavy atom. The lowest BCUT2D eigenvalue weighted by Crippen LogP contribution is -2.16. The minimum atomic E-state index is -3.98. The van der Waals surface area contributed by atoms with E-state index in [1.165, 1.54) is 67.8 Å². The van der Waals surface area contributed by atoms with Gasteiger partial charge in [0.05, 0.1) is 39.1 Å². The lowest BCUT2D eigenvalue weighted by molar-refractivity contribution is 0.0600. The quantitative estimate of drug-likeness (QED) is 0.414. The van der Waals surface area contributed by atoms with Gasteiger partial charge in [-0.2, -0.15) is 0 Å². The summed E-state index contributed by atoms with van der Waals surface area (Å²) in [6, 6.07) is 15.6. The Hall–Kier alpha value is -2.79. The van der Waals surface area contributed by atoms with Crippen LogP contribution in [0.1, 0.15) is 15.9 Å². The van der Waals surface area contributed by atoms with Crippen LogP contribution in [0.3, 0.4) is 0 Å². The third-order valence-corrected chi connectivity index (χ3v) is 7.83. The first kappa shape index (κ1) is 24.8. The van der Waals surface area contributed by atoms with E-state index in [1.807, 2.05) is 0 Å². The number of rotatable bonds is 8. The van der Waals surface area contributed by atoms with Gasteiger partial charge in [0.2, 0.25) is 10.0 Å². The van der Waals surface area contributed by atoms with Crippen molar-refractivity contribution in [3.05, 3.63) is 87.9 Å². The van der Waals surface area contributed by atoms with Crippen LogP contribution in [-0.4, -0.2) is 29.9 Å². The Morgan fingerprint density at radius 3 is 2.12 bits per heavy atom. The molecule has 2 N–H and O–H groups in total. The van der Waals surface area contributed by atoms with Crippen LogP contribution in [-0.2, 0) is 30.5 Å². The maximum atomic E-state index is 12.6. The van der Waals surface area contributed by atoms with Crippen molar-refractivity contribution in [1.29, 1.82) is 0 Å². The summed E-state index contributed by atoms with van der Waals surface area (Å²) in [6.07, 6.45) is 0. The van der Waals surface area contributed by atoms with Crippen LogP contribution in [0, 0.1) is 0 Å². The van der Waals surface area contributed by atoms with E-state index in [2.05, 4.69) is 14.2 Å². The molecule has 33 heavy (non-hydrogen) atoms. The summed E-state index contributed by atoms with van der Waals surface area (Å²) in [5.41, 5.74) is 1.06. The number of anilines is 2. The first-order chi connectivity index (χ1) is 15.5. The van der Waals surface area contributed by atoms with Gasteiger partial charge in [0.1, 0.15) is 0 Å². The van der Waals surface area contributed by atoms with Gasteiger partial charge in [0.25, 0.3) is 10.0 Å². The SMILES string of the molecule is COC(=O)c1ccc(CS(=O)(=O)Nc2ccc(S(=O)(=O)Nc3cccc(Cl)c3Cl)cc2)cc1. The second kappa shape index (κ2) is 10.0. The van der Waals surface area contributed by atoms with E-state index in [9.17, 15) is 21.6 Å². The van der Waals surface area contributed by atoms with Gasteiger partial charge >= 0.3 is 5.97 Å². The van der Waals surface area contributed by atoms with Gasteiger partial charge in [0.15, 0.2) is 0 Å². The van der Waals surface area contributed by atoms with Crippen LogP contribution in [0.5, 0.6) is 0 Å². The number of esters is 1. The molecule has 0 aliphatic carbocycles. The topological polar surface area (TPSA) is 119 Å². The Bertz CT molecular complexity index is 1380. The minimum absolute atomic E-state index is 0.0618. The zero-order chi connectivity index (χ0) is 24.2. The highest BCUT2D eigenvalue weighted by atomic mass is 35.5. The van der Waals surface area contributed by atoms with Gasteiger partial charge < -0.3 is 4.74 Å². The lowest BCUT2D eigenvalue weighted by atomic mass is 10.1. The average Bonchev–Trinajstić information content (AvgIpc) is 2.76. The Balaban J connectivity index is 1.70. The normalized spacial score (nSPS) is 11.6. The molecule has 0 radical (unpaired) electrons. The van der Waals surface area contributed by atoms with Crippen molar-refractivity contribution in [3.63, 3.8) is 0 Å². The van der Waals surface area contributed by atoms with Gasteiger partial charge in [-0.05, 0) is 54.1 Å². The second-order valence-corrected chi connectivity index (χ2v) is 11.0. The van der Waals surface area contributed by atoms with Crippen LogP contribution in [0.2, 0.25) is 10.0 Å². The number of carbonyl (C=O) groups excluding carboxylic acids is 1. The number of hydrogen-bond acceptors (Lipinski definition) is 6. The van der Waals surface area contributed by atoms with Gasteiger partial charge in [-0.3, -0.25) is 9.44 Å². The van der Waals surface area contributed by atoms with Gasteiger partial charge in [-0.15, -0.1) is 0 Å². The molecule has 0 aliphatic heterocycles. The minimum Gasteiger partial charge on any atom is -0.465 e. The van der Waals surface area contributed by atoms with E-state index < -0.39 is 26.0 Å². The van der Waals surface area contributed by atoms with Gasteiger partial charge in [-0.25, -0.2) is 21.6 Å². The highest BCUT2D eigenvalue weighted by Gasteiger charge is 2.18. The van der Waals surface area contributed by atoms with E-state index in [4.69, 9.17) is 23.2 Å². The monoisotopic (exact) mass is 528 g/mol. The number of sulfonamides is 2. The number of halogens is 2. The number of methoxy groups -OCH3 is 1. The molecule has 0 aromatic heterocycles. The molecule has 0 spiro atoms. The number of nitrogens with one attached hydrogen (secondary N) is 2. The van der Waals surface area contributed by atoms with Crippen LogP contribution >= 0.6 is 23.2 Å². The van der Waals surface area contributed by atoms with Crippen molar-refractivity contribution < 1.29 is 26.4 Å². The number of hydrogen-bond donors (Lipinski definition) is 2. The molecule has 0 fully saturated rings. The van der Waals surface area contributed by atoms with E-state index in [0.717, 1.165) is 0 Å². The summed E-state index contributed by atoms with van der Waals surface area (Å²) in [5, 5.41) is 0.258. The molecule has 3 aromatic rings. The van der Waals surface area contributed by atoms with Gasteiger partial charge in [0, 0.05) is 5.69 Å². The highest BCUT2D eigenvalue weighted by molar-refractivity contribution is 7.92. The fourth-order valence-corrected chi connectivity index (χ4v) is 5.45. The van der Waals surface area contributed by atoms with Crippen LogP contribution < -0.4 is 9.44 Å². The summed E-state index contributed by atoms with van der Waals surface area (Å²) in [5.74, 6) is -0.867. The first-order valence-electron chi connectivity index (χ1n) is 9.25. The molecule has 8 nitrogen and oxygen atoms in total. The van der Waals surface area contributed by atoms with Crippen LogP contribution in [0.25, 0.3) is 0 Å². The van der Waals surface area contributed by atoms with E-state index in [0.29, 0.717) is 11.1 Å². The van der Waals surface area contributed by atoms with Crippen molar-refractivity contribution in [2.75, 3.05) is 16.6 Å². The maximum Gasteiger partial charge on any atom is 0.337 e. The van der Waals surface area contributed by atoms with Crippen LogP contribution in [0.4, 0.5) is 11.4 Å². The summed E-state index contributed by atoms with van der Waals surface area (Å²) in [6.45, 7) is 0. The average molecular weight is 529 g/mol. The molecule has 0 amide bonds. The molecule has 0 unspecified atom stereocenters. The smallest absolute Gasteiger partial charge is 0.337 e. The number of benzene rings is 3. The molecular weight excluding hydrogens is 511 g/mol. The molecule has 0 saturated heterocycles. The summed E-state index contributed by atoms with van der Waals surface area (Å²) in [7, 11) is -6.53. The third kappa shape index (κ3) is 6.38. The summed E-state index contributed by atoms with van der Waals surface area (Å²) < 4.78 is 59.5. The summed E-state index contributed by atoms with van der Waals surface area (Å²) >= 11 is 11.9. The largest absolute Gasteiger partial charge is 0.465 e. The maximum absolute atomic E-state index is 12.6. The van der Waals surface area contributed by atoms with Crippen molar-refractivity contribution in [3.8, 4) is 0 Å². The van der Waals surface area contributed by atoms with Gasteiger partial charge in [-0.1, -0.05) is 41.4 Å². The van der Waals surface area contributed by atoms with Crippen molar-refractivity contribution in [2.45, 2.75) is 10.6 Å². The first-order valence-corrected chi connectivity index (χ1v) is 13.1. The zero-order valence-corrected chi connectivity index (χ0v) is 20.2. The molecule has 174 valence electrons. The van der Waals surface area contributed by atoms with E-state index >= 15 is 0 Å². The Kier molecular flexibility index (Phi) is 7.53. The standard InChI is InChI=1S/C21H18Cl2N2O6S2/c1-31-21(26)15-7-5-14(6-8-15)13-32(27,28)24-16-9-11-17(12-10-16)33(29,30)25-19-4-2-3-18(22)20(19)23/h2-12,24-25H,13H2,1H3. The number of carbonyl (C=O) groups is 1.